The van der Waals surface area contributed by atoms with Crippen LogP contribution in [-0.2, 0) is 4.79 Å². The summed E-state index contributed by atoms with van der Waals surface area (Å²) in [4.78, 5) is 10.0. The number of carbonyl (C=O) groups excluding carboxylic acids is 1. The fourth-order valence-electron chi connectivity index (χ4n) is 1.17. The van der Waals surface area contributed by atoms with E-state index in [0.717, 1.165) is 6.19 Å². The number of hydrogen-bond donors (Lipinski definition) is 1. The van der Waals surface area contributed by atoms with Crippen LogP contribution in [0, 0.1) is 12.7 Å². The summed E-state index contributed by atoms with van der Waals surface area (Å²) in [5, 5.41) is 2.86. The average Bonchev–Trinajstić information content (AvgIpc) is 2.24. The minimum atomic E-state index is -0.301. The maximum atomic E-state index is 13.3. The van der Waals surface area contributed by atoms with E-state index in [1.807, 2.05) is 0 Å². The van der Waals surface area contributed by atoms with Crippen molar-refractivity contribution in [3.8, 4) is 5.75 Å². The van der Waals surface area contributed by atoms with Gasteiger partial charge in [0.25, 0.3) is 7.41 Å². The van der Waals surface area contributed by atoms with Gasteiger partial charge in [-0.05, 0) is 19.1 Å². The summed E-state index contributed by atoms with van der Waals surface area (Å²) >= 11 is 3.20. The molecule has 1 aromatic rings. The first-order chi connectivity index (χ1) is 7.65. The highest BCUT2D eigenvalue weighted by atomic mass is 79.9. The van der Waals surface area contributed by atoms with Crippen molar-refractivity contribution in [2.75, 3.05) is 13.2 Å². The molecule has 0 spiro atoms. The second-order valence-electron chi connectivity index (χ2n) is 3.23. The van der Waals surface area contributed by atoms with Crippen molar-refractivity contribution in [1.82, 2.24) is 5.23 Å². The molecule has 16 heavy (non-hydrogen) atoms. The van der Waals surface area contributed by atoms with Crippen LogP contribution < -0.4 is 9.96 Å². The van der Waals surface area contributed by atoms with Crippen LogP contribution >= 0.6 is 15.9 Å². The van der Waals surface area contributed by atoms with Crippen molar-refractivity contribution in [3.05, 3.63) is 28.0 Å². The molecule has 0 bridgehead atoms. The molecule has 0 aliphatic heterocycles. The van der Waals surface area contributed by atoms with E-state index in [1.165, 1.54) is 6.07 Å². The topological polar surface area (TPSA) is 38.3 Å². The van der Waals surface area contributed by atoms with E-state index in [9.17, 15) is 9.18 Å². The van der Waals surface area contributed by atoms with Gasteiger partial charge in [-0.15, -0.1) is 0 Å². The zero-order valence-corrected chi connectivity index (χ0v) is 10.5. The molecule has 0 amide bonds. The Balaban J connectivity index is 2.50. The first kappa shape index (κ1) is 13.2. The van der Waals surface area contributed by atoms with Crippen molar-refractivity contribution < 1.29 is 13.9 Å². The largest absolute Gasteiger partial charge is 0.492 e. The lowest BCUT2D eigenvalue weighted by Crippen LogP contribution is -2.25. The molecular formula is C10H12BBrFNO2. The van der Waals surface area contributed by atoms with E-state index in [-0.39, 0.29) is 5.82 Å². The number of halogens is 2. The van der Waals surface area contributed by atoms with Gasteiger partial charge in [0.2, 0.25) is 0 Å². The number of benzene rings is 1. The summed E-state index contributed by atoms with van der Waals surface area (Å²) in [5.41, 5.74) is 0.485. The van der Waals surface area contributed by atoms with E-state index in [1.54, 1.807) is 13.0 Å². The van der Waals surface area contributed by atoms with Crippen LogP contribution in [0.25, 0.3) is 0 Å². The van der Waals surface area contributed by atoms with Crippen LogP contribution in [0.3, 0.4) is 0 Å². The van der Waals surface area contributed by atoms with E-state index in [0.29, 0.717) is 36.4 Å². The van der Waals surface area contributed by atoms with Gasteiger partial charge in [-0.25, -0.2) is 4.39 Å². The lowest BCUT2D eigenvalue weighted by Gasteiger charge is -2.10. The summed E-state index contributed by atoms with van der Waals surface area (Å²) in [5.74, 6) is 0.213. The van der Waals surface area contributed by atoms with Crippen molar-refractivity contribution in [1.29, 1.82) is 0 Å². The molecule has 1 N–H and O–H groups in total. The van der Waals surface area contributed by atoms with Crippen LogP contribution in [-0.4, -0.2) is 26.8 Å². The molecule has 0 heterocycles. The molecule has 0 saturated heterocycles. The van der Waals surface area contributed by atoms with Crippen LogP contribution in [0.5, 0.6) is 5.75 Å². The second kappa shape index (κ2) is 6.65. The highest BCUT2D eigenvalue weighted by Crippen LogP contribution is 2.25. The van der Waals surface area contributed by atoms with Gasteiger partial charge in [-0.3, -0.25) is 0 Å². The molecule has 0 aromatic heterocycles. The Morgan fingerprint density at radius 3 is 3.06 bits per heavy atom. The van der Waals surface area contributed by atoms with Gasteiger partial charge < -0.3 is 14.8 Å². The minimum absolute atomic E-state index is 0.301. The summed E-state index contributed by atoms with van der Waals surface area (Å²) in [6.45, 7) is 2.60. The van der Waals surface area contributed by atoms with Crippen molar-refractivity contribution in [2.45, 2.75) is 6.92 Å². The molecule has 86 valence electrons. The normalized spacial score (nSPS) is 9.94. The Morgan fingerprint density at radius 2 is 2.38 bits per heavy atom. The predicted molar refractivity (Wildman–Crippen MR) is 66.2 cm³/mol. The summed E-state index contributed by atoms with van der Waals surface area (Å²) < 4.78 is 19.3. The molecule has 3 nitrogen and oxygen atoms in total. The van der Waals surface area contributed by atoms with Gasteiger partial charge >= 0.3 is 0 Å². The van der Waals surface area contributed by atoms with Gasteiger partial charge in [-0.2, -0.15) is 0 Å². The second-order valence-corrected chi connectivity index (χ2v) is 4.15. The summed E-state index contributed by atoms with van der Waals surface area (Å²) in [6, 6.07) is 3.12. The third-order valence-electron chi connectivity index (χ3n) is 2.03. The molecule has 0 radical (unpaired) electrons. The first-order valence-corrected chi connectivity index (χ1v) is 5.67. The molecule has 1 rings (SSSR count). The van der Waals surface area contributed by atoms with Crippen molar-refractivity contribution >= 4 is 29.5 Å². The molecule has 1 aromatic carbocycles. The minimum Gasteiger partial charge on any atom is -0.492 e. The Bertz CT molecular complexity index is 376. The monoisotopic (exact) mass is 287 g/mol. The zero-order valence-electron chi connectivity index (χ0n) is 8.93. The quantitative estimate of drug-likeness (QED) is 0.488. The fourth-order valence-corrected chi connectivity index (χ4v) is 1.58. The summed E-state index contributed by atoms with van der Waals surface area (Å²) in [6.07, 6.45) is 0.782. The first-order valence-electron chi connectivity index (χ1n) is 4.88. The molecule has 0 aliphatic rings. The maximum Gasteiger partial charge on any atom is 0.278 e. The van der Waals surface area contributed by atoms with Crippen LogP contribution in [0.1, 0.15) is 5.56 Å². The summed E-state index contributed by atoms with van der Waals surface area (Å²) in [7, 11) is 0.301. The maximum absolute atomic E-state index is 13.3. The van der Waals surface area contributed by atoms with Gasteiger partial charge in [-0.1, -0.05) is 15.9 Å². The zero-order chi connectivity index (χ0) is 12.0. The molecule has 0 unspecified atom stereocenters. The predicted octanol–water partition coefficient (Wildman–Crippen LogP) is 1.41. The Hall–Kier alpha value is -0.875. The molecule has 0 saturated carbocycles. The highest BCUT2D eigenvalue weighted by molar-refractivity contribution is 9.10. The number of rotatable bonds is 6. The highest BCUT2D eigenvalue weighted by Gasteiger charge is 2.06. The molecule has 0 atom stereocenters. The van der Waals surface area contributed by atoms with Crippen molar-refractivity contribution in [2.24, 2.45) is 0 Å². The molecule has 0 fully saturated rings. The van der Waals surface area contributed by atoms with E-state index >= 15 is 0 Å². The van der Waals surface area contributed by atoms with Crippen LogP contribution in [0.15, 0.2) is 16.6 Å². The van der Waals surface area contributed by atoms with Gasteiger partial charge in [0, 0.05) is 16.6 Å². The number of nitrogens with one attached hydrogen (secondary N) is 1. The number of carbonyl (C=O) groups is 1. The van der Waals surface area contributed by atoms with E-state index < -0.39 is 0 Å². The van der Waals surface area contributed by atoms with Crippen LogP contribution in [0.4, 0.5) is 4.39 Å². The average molecular weight is 288 g/mol. The fraction of sp³-hybridized carbons (Fsp3) is 0.300. The Morgan fingerprint density at radius 1 is 1.62 bits per heavy atom. The number of ether oxygens (including phenoxy) is 1. The van der Waals surface area contributed by atoms with E-state index in [2.05, 4.69) is 21.2 Å². The van der Waals surface area contributed by atoms with Gasteiger partial charge in [0.05, 0.1) is 12.8 Å². The smallest absolute Gasteiger partial charge is 0.278 e. The molecule has 0 aliphatic carbocycles. The third kappa shape index (κ3) is 3.94. The number of hydrogen-bond acceptors (Lipinski definition) is 3. The molecule has 6 heteroatoms. The van der Waals surface area contributed by atoms with E-state index in [4.69, 9.17) is 4.74 Å². The SMILES string of the molecule is Cc1c(F)cc(Br)cc1OCCNBC=O. The molecular weight excluding hydrogens is 276 g/mol. The lowest BCUT2D eigenvalue weighted by atomic mass is 9.99. The lowest BCUT2D eigenvalue weighted by molar-refractivity contribution is 0.319. The Labute approximate surface area is 103 Å². The standard InChI is InChI=1S/C10H12BBrFNO2/c1-7-9(13)4-8(12)5-10(7)16-3-2-14-11-6-15/h4-6,11,14H,2-3H2,1H3. The Kier molecular flexibility index (Phi) is 5.48. The van der Waals surface area contributed by atoms with Gasteiger partial charge in [0.15, 0.2) is 0 Å². The van der Waals surface area contributed by atoms with Crippen molar-refractivity contribution in [3.63, 3.8) is 0 Å². The van der Waals surface area contributed by atoms with Gasteiger partial charge in [0.1, 0.15) is 11.6 Å². The third-order valence-corrected chi connectivity index (χ3v) is 2.48. The van der Waals surface area contributed by atoms with Crippen LogP contribution in [0.2, 0.25) is 0 Å².